The summed E-state index contributed by atoms with van der Waals surface area (Å²) >= 11 is 1.62. The molecular weight excluding hydrogens is 401 g/mol. The molecule has 0 spiro atoms. The number of benzene rings is 1. The average Bonchev–Trinajstić information content (AvgIpc) is 3.12. The monoisotopic (exact) mass is 427 g/mol. The van der Waals surface area contributed by atoms with Gasteiger partial charge < -0.3 is 9.88 Å². The molecule has 7 heteroatoms. The van der Waals surface area contributed by atoms with Crippen LogP contribution < -0.4 is 5.56 Å². The molecule has 1 aromatic carbocycles. The van der Waals surface area contributed by atoms with Crippen molar-refractivity contribution in [3.8, 4) is 0 Å². The highest BCUT2D eigenvalue weighted by Crippen LogP contribution is 2.33. The molecule has 30 heavy (non-hydrogen) atoms. The van der Waals surface area contributed by atoms with Crippen molar-refractivity contribution in [1.29, 1.82) is 0 Å². The minimum Gasteiger partial charge on any atom is -0.336 e. The van der Waals surface area contributed by atoms with Crippen molar-refractivity contribution in [1.82, 2.24) is 14.9 Å². The van der Waals surface area contributed by atoms with Crippen molar-refractivity contribution in [3.63, 3.8) is 0 Å². The van der Waals surface area contributed by atoms with Crippen LogP contribution in [-0.4, -0.2) is 27.3 Å². The first kappa shape index (κ1) is 20.7. The lowest BCUT2D eigenvalue weighted by atomic mass is 9.97. The quantitative estimate of drug-likeness (QED) is 0.628. The van der Waals surface area contributed by atoms with E-state index >= 15 is 0 Å². The third-order valence-corrected chi connectivity index (χ3v) is 7.12. The molecule has 1 amide bonds. The van der Waals surface area contributed by atoms with Crippen LogP contribution in [0.2, 0.25) is 0 Å². The van der Waals surface area contributed by atoms with Gasteiger partial charge in [-0.1, -0.05) is 12.1 Å². The molecule has 1 atom stereocenters. The van der Waals surface area contributed by atoms with E-state index < -0.39 is 0 Å². The van der Waals surface area contributed by atoms with Gasteiger partial charge in [-0.2, -0.15) is 0 Å². The van der Waals surface area contributed by atoms with E-state index in [0.29, 0.717) is 18.8 Å². The highest BCUT2D eigenvalue weighted by Gasteiger charge is 2.22. The molecule has 2 aromatic heterocycles. The van der Waals surface area contributed by atoms with Gasteiger partial charge in [0, 0.05) is 24.3 Å². The fraction of sp³-hybridized carbons (Fsp3) is 0.435. The van der Waals surface area contributed by atoms with E-state index in [9.17, 15) is 14.0 Å². The molecule has 2 heterocycles. The summed E-state index contributed by atoms with van der Waals surface area (Å²) in [4.78, 5) is 36.9. The number of aromatic nitrogens is 2. The zero-order valence-corrected chi connectivity index (χ0v) is 18.2. The van der Waals surface area contributed by atoms with Gasteiger partial charge in [-0.3, -0.25) is 9.59 Å². The number of nitrogens with zero attached hydrogens (tertiary/aromatic N) is 2. The lowest BCUT2D eigenvalue weighted by Crippen LogP contribution is -2.33. The SMILES string of the molecule is CCN(C(=O)CCc1nc2sc3c(c2c(=O)[nH]1)CCCC3)C(C)c1ccc(F)cc1. The van der Waals surface area contributed by atoms with Crippen LogP contribution in [-0.2, 0) is 24.1 Å². The van der Waals surface area contributed by atoms with Crippen LogP contribution in [0.4, 0.5) is 4.39 Å². The Balaban J connectivity index is 1.49. The van der Waals surface area contributed by atoms with Gasteiger partial charge in [-0.15, -0.1) is 11.3 Å². The third-order valence-electron chi connectivity index (χ3n) is 5.93. The summed E-state index contributed by atoms with van der Waals surface area (Å²) in [5, 5.41) is 0.741. The van der Waals surface area contributed by atoms with Gasteiger partial charge >= 0.3 is 0 Å². The number of hydrogen-bond donors (Lipinski definition) is 1. The van der Waals surface area contributed by atoms with Gasteiger partial charge in [0.05, 0.1) is 11.4 Å². The Hall–Kier alpha value is -2.54. The van der Waals surface area contributed by atoms with E-state index in [-0.39, 0.29) is 29.7 Å². The molecule has 3 aromatic rings. The number of fused-ring (bicyclic) bond motifs is 3. The second-order valence-electron chi connectivity index (χ2n) is 7.81. The summed E-state index contributed by atoms with van der Waals surface area (Å²) < 4.78 is 13.2. The maximum absolute atomic E-state index is 13.2. The van der Waals surface area contributed by atoms with Crippen molar-refractivity contribution in [2.75, 3.05) is 6.54 Å². The predicted octanol–water partition coefficient (Wildman–Crippen LogP) is 4.54. The molecule has 158 valence electrons. The van der Waals surface area contributed by atoms with Gasteiger partial charge in [0.2, 0.25) is 5.91 Å². The molecule has 0 fully saturated rings. The van der Waals surface area contributed by atoms with Gasteiger partial charge in [0.25, 0.3) is 5.56 Å². The largest absolute Gasteiger partial charge is 0.336 e. The first-order valence-electron chi connectivity index (χ1n) is 10.6. The molecule has 0 saturated heterocycles. The smallest absolute Gasteiger partial charge is 0.259 e. The Kier molecular flexibility index (Phi) is 5.99. The van der Waals surface area contributed by atoms with Crippen LogP contribution in [0.25, 0.3) is 10.2 Å². The molecule has 1 N–H and O–H groups in total. The summed E-state index contributed by atoms with van der Waals surface area (Å²) in [5.74, 6) is 0.258. The minimum atomic E-state index is -0.291. The standard InChI is InChI=1S/C23H26FN3O2S/c1-3-27(14(2)15-8-10-16(24)11-9-15)20(28)13-12-19-25-22(29)21-17-6-4-5-7-18(17)30-23(21)26-19/h8-11,14H,3-7,12-13H2,1-2H3,(H,25,26,29). The van der Waals surface area contributed by atoms with Crippen LogP contribution in [0.5, 0.6) is 0 Å². The van der Waals surface area contributed by atoms with Crippen molar-refractivity contribution >= 4 is 27.5 Å². The van der Waals surface area contributed by atoms with Crippen molar-refractivity contribution in [3.05, 3.63) is 62.3 Å². The van der Waals surface area contributed by atoms with Gasteiger partial charge in [0.1, 0.15) is 16.5 Å². The van der Waals surface area contributed by atoms with Crippen LogP contribution in [0.3, 0.4) is 0 Å². The topological polar surface area (TPSA) is 66.1 Å². The van der Waals surface area contributed by atoms with Crippen molar-refractivity contribution in [2.45, 2.75) is 58.4 Å². The molecule has 0 bridgehead atoms. The minimum absolute atomic E-state index is 0.0115. The van der Waals surface area contributed by atoms with E-state index in [1.807, 2.05) is 13.8 Å². The second kappa shape index (κ2) is 8.68. The zero-order valence-electron chi connectivity index (χ0n) is 17.3. The lowest BCUT2D eigenvalue weighted by molar-refractivity contribution is -0.133. The summed E-state index contributed by atoms with van der Waals surface area (Å²) in [6.45, 7) is 4.43. The van der Waals surface area contributed by atoms with Gasteiger partial charge in [0.15, 0.2) is 0 Å². The number of H-pyrrole nitrogens is 1. The molecule has 1 unspecified atom stereocenters. The Labute approximate surface area is 179 Å². The number of aromatic amines is 1. The van der Waals surface area contributed by atoms with E-state index in [1.165, 1.54) is 22.6 Å². The number of amides is 1. The van der Waals surface area contributed by atoms with Crippen LogP contribution in [0, 0.1) is 5.82 Å². The number of aryl methyl sites for hydroxylation is 3. The molecule has 0 saturated carbocycles. The van der Waals surface area contributed by atoms with Gasteiger partial charge in [-0.25, -0.2) is 9.37 Å². The number of hydrogen-bond acceptors (Lipinski definition) is 4. The molecule has 0 aliphatic heterocycles. The van der Waals surface area contributed by atoms with Gasteiger partial charge in [-0.05, 0) is 62.8 Å². The van der Waals surface area contributed by atoms with Crippen LogP contribution in [0.1, 0.15) is 61.0 Å². The van der Waals surface area contributed by atoms with Crippen LogP contribution in [0.15, 0.2) is 29.1 Å². The predicted molar refractivity (Wildman–Crippen MR) is 117 cm³/mol. The van der Waals surface area contributed by atoms with Crippen LogP contribution >= 0.6 is 11.3 Å². The first-order chi connectivity index (χ1) is 14.5. The average molecular weight is 428 g/mol. The van der Waals surface area contributed by atoms with E-state index in [1.54, 1.807) is 28.4 Å². The Morgan fingerprint density at radius 3 is 2.73 bits per heavy atom. The highest BCUT2D eigenvalue weighted by atomic mass is 32.1. The highest BCUT2D eigenvalue weighted by molar-refractivity contribution is 7.18. The maximum atomic E-state index is 13.2. The normalized spacial score (nSPS) is 14.5. The van der Waals surface area contributed by atoms with Crippen molar-refractivity contribution in [2.24, 2.45) is 0 Å². The Morgan fingerprint density at radius 2 is 2.00 bits per heavy atom. The van der Waals surface area contributed by atoms with Crippen molar-refractivity contribution < 1.29 is 9.18 Å². The molecule has 0 radical (unpaired) electrons. The molecule has 4 rings (SSSR count). The number of halogens is 1. The Bertz CT molecular complexity index is 1120. The number of carbonyl (C=O) groups excluding carboxylic acids is 1. The third kappa shape index (κ3) is 4.03. The molecule has 1 aliphatic rings. The number of nitrogens with one attached hydrogen (secondary N) is 1. The fourth-order valence-corrected chi connectivity index (χ4v) is 5.56. The fourth-order valence-electron chi connectivity index (χ4n) is 4.28. The maximum Gasteiger partial charge on any atom is 0.259 e. The second-order valence-corrected chi connectivity index (χ2v) is 8.89. The Morgan fingerprint density at radius 1 is 1.27 bits per heavy atom. The molecule has 5 nitrogen and oxygen atoms in total. The first-order valence-corrected chi connectivity index (χ1v) is 11.4. The molecular formula is C23H26FN3O2S. The lowest BCUT2D eigenvalue weighted by Gasteiger charge is -2.28. The van der Waals surface area contributed by atoms with E-state index in [4.69, 9.17) is 0 Å². The zero-order chi connectivity index (χ0) is 21.3. The molecule has 1 aliphatic carbocycles. The number of carbonyl (C=O) groups is 1. The summed E-state index contributed by atoms with van der Waals surface area (Å²) in [5.41, 5.74) is 1.97. The summed E-state index contributed by atoms with van der Waals surface area (Å²) in [6, 6.07) is 6.09. The summed E-state index contributed by atoms with van der Waals surface area (Å²) in [7, 11) is 0. The van der Waals surface area contributed by atoms with E-state index in [0.717, 1.165) is 41.5 Å². The number of rotatable bonds is 6. The number of thiophene rings is 1. The van der Waals surface area contributed by atoms with E-state index in [2.05, 4.69) is 9.97 Å². The summed E-state index contributed by atoms with van der Waals surface area (Å²) in [6.07, 6.45) is 4.91.